The molecule has 146 valence electrons. The molecule has 0 fully saturated rings. The number of nitrogen functional groups attached to an aromatic ring is 1. The third-order valence-corrected chi connectivity index (χ3v) is 4.72. The van der Waals surface area contributed by atoms with Gasteiger partial charge in [-0.15, -0.1) is 22.5 Å². The maximum absolute atomic E-state index is 6.13. The summed E-state index contributed by atoms with van der Waals surface area (Å²) in [5.74, 6) is 10.1. The highest BCUT2D eigenvalue weighted by molar-refractivity contribution is 7.98. The van der Waals surface area contributed by atoms with E-state index in [2.05, 4.69) is 16.1 Å². The number of aromatic nitrogens is 3. The van der Waals surface area contributed by atoms with Crippen molar-refractivity contribution in [1.82, 2.24) is 14.9 Å². The minimum atomic E-state index is -0.367. The molecule has 0 amide bonds. The van der Waals surface area contributed by atoms with E-state index >= 15 is 0 Å². The number of hydrogen-bond acceptors (Lipinski definition) is 6. The van der Waals surface area contributed by atoms with Crippen LogP contribution in [-0.2, 0) is 4.74 Å². The number of terminal acetylenes is 1. The summed E-state index contributed by atoms with van der Waals surface area (Å²) in [6.45, 7) is 8.66. The predicted molar refractivity (Wildman–Crippen MR) is 110 cm³/mol. The Hall–Kier alpha value is -2.17. The topological polar surface area (TPSA) is 75.2 Å². The van der Waals surface area contributed by atoms with Gasteiger partial charge in [-0.3, -0.25) is 0 Å². The van der Waals surface area contributed by atoms with Gasteiger partial charge >= 0.3 is 0 Å². The lowest BCUT2D eigenvalue weighted by Crippen LogP contribution is -2.32. The molecule has 0 atom stereocenters. The smallest absolute Gasteiger partial charge is 0.209 e. The average molecular weight is 389 g/mol. The highest BCUT2D eigenvalue weighted by Gasteiger charge is 2.23. The number of ether oxygens (including phenoxy) is 2. The maximum atomic E-state index is 6.13. The molecule has 1 heterocycles. The van der Waals surface area contributed by atoms with E-state index < -0.39 is 0 Å². The molecular weight excluding hydrogens is 360 g/mol. The van der Waals surface area contributed by atoms with Gasteiger partial charge in [-0.2, -0.15) is 0 Å². The van der Waals surface area contributed by atoms with Crippen molar-refractivity contribution in [3.05, 3.63) is 24.3 Å². The van der Waals surface area contributed by atoms with Gasteiger partial charge in [0.15, 0.2) is 5.82 Å². The molecule has 0 spiro atoms. The normalized spacial score (nSPS) is 12.0. The minimum Gasteiger partial charge on any atom is -0.488 e. The quantitative estimate of drug-likeness (QED) is 0.401. The summed E-state index contributed by atoms with van der Waals surface area (Å²) in [5, 5.41) is 8.85. The van der Waals surface area contributed by atoms with Gasteiger partial charge in [-0.25, -0.2) is 4.68 Å². The molecular formula is C20H28N4O2S. The molecule has 7 heteroatoms. The standard InChI is InChI=1S/C20H28N4O2S/c1-7-12-19(2,3)25-14-13-20(4,5)26-16-10-8-15(9-11-16)17-22-23-18(27-6)24(17)21/h1,8-11H,12-14,21H2,2-6H3. The molecule has 0 aliphatic heterocycles. The largest absolute Gasteiger partial charge is 0.488 e. The van der Waals surface area contributed by atoms with E-state index in [0.717, 1.165) is 17.7 Å². The second kappa shape index (κ2) is 8.68. The summed E-state index contributed by atoms with van der Waals surface area (Å²) in [7, 11) is 0. The van der Waals surface area contributed by atoms with Crippen LogP contribution in [0, 0.1) is 12.3 Å². The van der Waals surface area contributed by atoms with Gasteiger partial charge < -0.3 is 15.3 Å². The van der Waals surface area contributed by atoms with Crippen molar-refractivity contribution in [1.29, 1.82) is 0 Å². The third kappa shape index (κ3) is 5.91. The van der Waals surface area contributed by atoms with Crippen LogP contribution in [0.3, 0.4) is 0 Å². The number of hydrogen-bond donors (Lipinski definition) is 1. The van der Waals surface area contributed by atoms with Crippen LogP contribution in [0.25, 0.3) is 11.4 Å². The molecule has 1 aromatic carbocycles. The van der Waals surface area contributed by atoms with E-state index in [1.165, 1.54) is 16.4 Å². The lowest BCUT2D eigenvalue weighted by atomic mass is 10.0. The Morgan fingerprint density at radius 3 is 2.37 bits per heavy atom. The number of nitrogens with two attached hydrogens (primary N) is 1. The molecule has 27 heavy (non-hydrogen) atoms. The van der Waals surface area contributed by atoms with Crippen molar-refractivity contribution in [3.8, 4) is 29.5 Å². The van der Waals surface area contributed by atoms with E-state index in [0.29, 0.717) is 24.0 Å². The molecule has 6 nitrogen and oxygen atoms in total. The van der Waals surface area contributed by atoms with Crippen LogP contribution >= 0.6 is 11.8 Å². The van der Waals surface area contributed by atoms with Gasteiger partial charge in [0.2, 0.25) is 5.16 Å². The van der Waals surface area contributed by atoms with Crippen LogP contribution in [0.1, 0.15) is 40.5 Å². The van der Waals surface area contributed by atoms with Crippen molar-refractivity contribution in [3.63, 3.8) is 0 Å². The van der Waals surface area contributed by atoms with E-state index in [-0.39, 0.29) is 11.2 Å². The number of thioether (sulfide) groups is 1. The molecule has 2 N–H and O–H groups in total. The summed E-state index contributed by atoms with van der Waals surface area (Å²) in [5.41, 5.74) is 0.198. The van der Waals surface area contributed by atoms with Crippen molar-refractivity contribution in [2.24, 2.45) is 0 Å². The Balaban J connectivity index is 1.96. The molecule has 0 saturated carbocycles. The Morgan fingerprint density at radius 1 is 1.15 bits per heavy atom. The third-order valence-electron chi connectivity index (χ3n) is 4.08. The first-order valence-electron chi connectivity index (χ1n) is 8.79. The highest BCUT2D eigenvalue weighted by atomic mass is 32.2. The Bertz CT molecular complexity index is 791. The zero-order chi connectivity index (χ0) is 20.1. The van der Waals surface area contributed by atoms with E-state index in [4.69, 9.17) is 21.7 Å². The predicted octanol–water partition coefficient (Wildman–Crippen LogP) is 3.75. The second-order valence-electron chi connectivity index (χ2n) is 7.51. The fraction of sp³-hybridized carbons (Fsp3) is 0.500. The van der Waals surface area contributed by atoms with Crippen LogP contribution in [0.5, 0.6) is 5.75 Å². The SMILES string of the molecule is C#CCC(C)(C)OCCC(C)(C)Oc1ccc(-c2nnc(SC)n2N)cc1. The second-order valence-corrected chi connectivity index (χ2v) is 8.28. The van der Waals surface area contributed by atoms with Gasteiger partial charge in [-0.05, 0) is 58.2 Å². The van der Waals surface area contributed by atoms with Gasteiger partial charge in [0.25, 0.3) is 0 Å². The fourth-order valence-corrected chi connectivity index (χ4v) is 2.93. The first-order valence-corrected chi connectivity index (χ1v) is 10.0. The van der Waals surface area contributed by atoms with Crippen LogP contribution in [-0.4, -0.2) is 38.9 Å². The van der Waals surface area contributed by atoms with E-state index in [1.807, 2.05) is 58.2 Å². The zero-order valence-electron chi connectivity index (χ0n) is 16.7. The molecule has 0 aliphatic rings. The summed E-state index contributed by atoms with van der Waals surface area (Å²) >= 11 is 1.45. The van der Waals surface area contributed by atoms with Gasteiger partial charge in [0, 0.05) is 18.4 Å². The number of rotatable bonds is 9. The highest BCUT2D eigenvalue weighted by Crippen LogP contribution is 2.26. The van der Waals surface area contributed by atoms with E-state index in [9.17, 15) is 0 Å². The van der Waals surface area contributed by atoms with Gasteiger partial charge in [0.05, 0.1) is 12.2 Å². The maximum Gasteiger partial charge on any atom is 0.209 e. The van der Waals surface area contributed by atoms with Crippen LogP contribution in [0.15, 0.2) is 29.4 Å². The molecule has 0 aliphatic carbocycles. The van der Waals surface area contributed by atoms with E-state index in [1.54, 1.807) is 0 Å². The molecule has 0 bridgehead atoms. The van der Waals surface area contributed by atoms with Crippen LogP contribution in [0.2, 0.25) is 0 Å². The van der Waals surface area contributed by atoms with Crippen molar-refractivity contribution < 1.29 is 9.47 Å². The Labute approximate surface area is 165 Å². The van der Waals surface area contributed by atoms with Gasteiger partial charge in [-0.1, -0.05) is 11.8 Å². The minimum absolute atomic E-state index is 0.319. The summed E-state index contributed by atoms with van der Waals surface area (Å²) < 4.78 is 13.5. The van der Waals surface area contributed by atoms with Crippen LogP contribution in [0.4, 0.5) is 0 Å². The molecule has 0 unspecified atom stereocenters. The lowest BCUT2D eigenvalue weighted by molar-refractivity contribution is -0.0373. The summed E-state index contributed by atoms with van der Waals surface area (Å²) in [6.07, 6.45) is 8.61. The Kier molecular flexibility index (Phi) is 6.79. The monoisotopic (exact) mass is 388 g/mol. The molecule has 0 radical (unpaired) electrons. The fourth-order valence-electron chi connectivity index (χ4n) is 2.53. The molecule has 2 rings (SSSR count). The number of benzene rings is 1. The zero-order valence-corrected chi connectivity index (χ0v) is 17.5. The molecule has 0 saturated heterocycles. The number of nitrogens with zero attached hydrogens (tertiary/aromatic N) is 3. The summed E-state index contributed by atoms with van der Waals surface area (Å²) in [4.78, 5) is 0. The van der Waals surface area contributed by atoms with Crippen LogP contribution < -0.4 is 10.6 Å². The van der Waals surface area contributed by atoms with Crippen molar-refractivity contribution >= 4 is 11.8 Å². The molecule has 2 aromatic rings. The first-order chi connectivity index (χ1) is 12.7. The Morgan fingerprint density at radius 2 is 1.81 bits per heavy atom. The average Bonchev–Trinajstić information content (AvgIpc) is 2.95. The van der Waals surface area contributed by atoms with Crippen molar-refractivity contribution in [2.75, 3.05) is 18.7 Å². The lowest BCUT2D eigenvalue weighted by Gasteiger charge is -2.29. The van der Waals surface area contributed by atoms with Gasteiger partial charge in [0.1, 0.15) is 11.4 Å². The first kappa shape index (κ1) is 21.1. The van der Waals surface area contributed by atoms with Crippen molar-refractivity contribution in [2.45, 2.75) is 56.9 Å². The summed E-state index contributed by atoms with van der Waals surface area (Å²) in [6, 6.07) is 7.67. The molecule has 1 aromatic heterocycles.